The predicted octanol–water partition coefficient (Wildman–Crippen LogP) is 4.66. The van der Waals surface area contributed by atoms with E-state index in [1.54, 1.807) is 12.1 Å². The normalized spacial score (nSPS) is 10.8. The van der Waals surface area contributed by atoms with Crippen molar-refractivity contribution in [3.8, 4) is 17.2 Å². The van der Waals surface area contributed by atoms with Gasteiger partial charge in [0.05, 0.1) is 17.1 Å². The molecule has 0 atom stereocenters. The van der Waals surface area contributed by atoms with Crippen LogP contribution >= 0.6 is 15.9 Å². The van der Waals surface area contributed by atoms with Gasteiger partial charge < -0.3 is 15.2 Å². The van der Waals surface area contributed by atoms with Gasteiger partial charge in [-0.1, -0.05) is 0 Å². The number of nitrogens with zero attached hydrogens (tertiary/aromatic N) is 1. The van der Waals surface area contributed by atoms with Crippen molar-refractivity contribution in [3.05, 3.63) is 52.6 Å². The van der Waals surface area contributed by atoms with Crippen molar-refractivity contribution < 1.29 is 18.3 Å². The highest BCUT2D eigenvalue weighted by Crippen LogP contribution is 2.37. The third-order valence-corrected chi connectivity index (χ3v) is 3.83. The van der Waals surface area contributed by atoms with Gasteiger partial charge in [0, 0.05) is 35.5 Å². The zero-order valence-electron chi connectivity index (χ0n) is 11.9. The Kier molecular flexibility index (Phi) is 4.04. The number of aromatic nitrogens is 1. The molecule has 118 valence electrons. The van der Waals surface area contributed by atoms with E-state index in [-0.39, 0.29) is 11.4 Å². The smallest absolute Gasteiger partial charge is 0.198 e. The zero-order chi connectivity index (χ0) is 16.6. The average Bonchev–Trinajstić information content (AvgIpc) is 2.50. The van der Waals surface area contributed by atoms with Gasteiger partial charge in [0.15, 0.2) is 17.4 Å². The molecule has 0 aliphatic rings. The number of fused-ring (bicyclic) bond motifs is 1. The molecule has 3 aromatic rings. The molecular weight excluding hydrogens is 370 g/mol. The van der Waals surface area contributed by atoms with Crippen LogP contribution in [0.1, 0.15) is 0 Å². The number of benzene rings is 2. The van der Waals surface area contributed by atoms with Crippen molar-refractivity contribution in [3.63, 3.8) is 0 Å². The number of nitrogen functional groups attached to an aromatic ring is 1. The highest BCUT2D eigenvalue weighted by molar-refractivity contribution is 9.10. The Bertz CT molecular complexity index is 880. The van der Waals surface area contributed by atoms with Crippen molar-refractivity contribution in [1.29, 1.82) is 0 Å². The first-order valence-electron chi connectivity index (χ1n) is 6.54. The van der Waals surface area contributed by atoms with Gasteiger partial charge >= 0.3 is 0 Å². The summed E-state index contributed by atoms with van der Waals surface area (Å²) in [5.41, 5.74) is 5.95. The van der Waals surface area contributed by atoms with Crippen molar-refractivity contribution >= 4 is 32.5 Å². The quantitative estimate of drug-likeness (QED) is 0.671. The van der Waals surface area contributed by atoms with Crippen LogP contribution < -0.4 is 15.2 Å². The number of hydrogen-bond donors (Lipinski definition) is 1. The average molecular weight is 381 g/mol. The Morgan fingerprint density at radius 2 is 1.78 bits per heavy atom. The van der Waals surface area contributed by atoms with Crippen molar-refractivity contribution in [2.24, 2.45) is 0 Å². The molecule has 0 aliphatic carbocycles. The second kappa shape index (κ2) is 6.00. The lowest BCUT2D eigenvalue weighted by atomic mass is 10.2. The van der Waals surface area contributed by atoms with E-state index in [0.29, 0.717) is 21.1 Å². The number of hydrogen-bond acceptors (Lipinski definition) is 4. The van der Waals surface area contributed by atoms with Gasteiger partial charge in [-0.2, -0.15) is 0 Å². The van der Waals surface area contributed by atoms with E-state index in [1.807, 2.05) is 0 Å². The van der Waals surface area contributed by atoms with Crippen molar-refractivity contribution in [1.82, 2.24) is 4.98 Å². The van der Waals surface area contributed by atoms with Gasteiger partial charge in [0.2, 0.25) is 0 Å². The molecule has 1 aromatic heterocycles. The minimum Gasteiger partial charge on any atom is -0.495 e. The van der Waals surface area contributed by atoms with Crippen LogP contribution in [0.15, 0.2) is 41.0 Å². The van der Waals surface area contributed by atoms with E-state index < -0.39 is 17.4 Å². The van der Waals surface area contributed by atoms with E-state index in [9.17, 15) is 8.78 Å². The lowest BCUT2D eigenvalue weighted by Crippen LogP contribution is -1.97. The molecule has 4 nitrogen and oxygen atoms in total. The van der Waals surface area contributed by atoms with Gasteiger partial charge in [-0.3, -0.25) is 4.98 Å². The molecule has 7 heteroatoms. The molecule has 23 heavy (non-hydrogen) atoms. The monoisotopic (exact) mass is 380 g/mol. The van der Waals surface area contributed by atoms with Gasteiger partial charge in [-0.15, -0.1) is 0 Å². The number of methoxy groups -OCH3 is 1. The largest absolute Gasteiger partial charge is 0.495 e. The van der Waals surface area contributed by atoms with Gasteiger partial charge in [-0.25, -0.2) is 8.78 Å². The number of anilines is 1. The Hall–Kier alpha value is -2.41. The van der Waals surface area contributed by atoms with E-state index in [0.717, 1.165) is 12.1 Å². The van der Waals surface area contributed by atoms with Gasteiger partial charge in [-0.05, 0) is 28.1 Å². The molecule has 0 bridgehead atoms. The van der Waals surface area contributed by atoms with Crippen LogP contribution in [0.3, 0.4) is 0 Å². The first-order chi connectivity index (χ1) is 11.0. The standard InChI is InChI=1S/C16H11BrF2N2O2/c1-22-15-7-13-9(6-10(15)17)14(2-3-21-13)23-16-11(18)4-8(20)5-12(16)19/h2-7H,20H2,1H3. The summed E-state index contributed by atoms with van der Waals surface area (Å²) >= 11 is 3.36. The fraction of sp³-hybridized carbons (Fsp3) is 0.0625. The Labute approximate surface area is 139 Å². The minimum absolute atomic E-state index is 0.0144. The third-order valence-electron chi connectivity index (χ3n) is 3.21. The molecule has 0 saturated heterocycles. The highest BCUT2D eigenvalue weighted by atomic mass is 79.9. The maximum Gasteiger partial charge on any atom is 0.198 e. The van der Waals surface area contributed by atoms with Gasteiger partial charge in [0.1, 0.15) is 11.5 Å². The Balaban J connectivity index is 2.13. The SMILES string of the molecule is COc1cc2nccc(Oc3c(F)cc(N)cc3F)c2cc1Br. The predicted molar refractivity (Wildman–Crippen MR) is 86.8 cm³/mol. The summed E-state index contributed by atoms with van der Waals surface area (Å²) in [7, 11) is 1.53. The molecule has 0 unspecified atom stereocenters. The van der Waals surface area contributed by atoms with Crippen LogP contribution in [0.4, 0.5) is 14.5 Å². The Morgan fingerprint density at radius 1 is 1.09 bits per heavy atom. The Morgan fingerprint density at radius 3 is 2.43 bits per heavy atom. The highest BCUT2D eigenvalue weighted by Gasteiger charge is 2.15. The number of ether oxygens (including phenoxy) is 2. The molecule has 3 rings (SSSR count). The lowest BCUT2D eigenvalue weighted by molar-refractivity contribution is 0.409. The molecule has 0 amide bonds. The molecule has 2 N–H and O–H groups in total. The minimum atomic E-state index is -0.875. The van der Waals surface area contributed by atoms with Crippen LogP contribution in [0, 0.1) is 11.6 Å². The molecule has 0 fully saturated rings. The van der Waals surface area contributed by atoms with Crippen LogP contribution in [-0.4, -0.2) is 12.1 Å². The fourth-order valence-electron chi connectivity index (χ4n) is 2.15. The summed E-state index contributed by atoms with van der Waals surface area (Å²) in [5.74, 6) is -1.41. The summed E-state index contributed by atoms with van der Waals surface area (Å²) in [5, 5.41) is 0.579. The summed E-state index contributed by atoms with van der Waals surface area (Å²) in [6.07, 6.45) is 1.48. The van der Waals surface area contributed by atoms with Crippen LogP contribution in [0.5, 0.6) is 17.2 Å². The summed E-state index contributed by atoms with van der Waals surface area (Å²) < 4.78 is 39.1. The van der Waals surface area contributed by atoms with E-state index in [4.69, 9.17) is 15.2 Å². The van der Waals surface area contributed by atoms with Crippen LogP contribution in [0.25, 0.3) is 10.9 Å². The second-order valence-corrected chi connectivity index (χ2v) is 5.58. The molecule has 0 saturated carbocycles. The second-order valence-electron chi connectivity index (χ2n) is 4.73. The maximum atomic E-state index is 13.9. The molecule has 0 radical (unpaired) electrons. The first kappa shape index (κ1) is 15.5. The molecule has 2 aromatic carbocycles. The fourth-order valence-corrected chi connectivity index (χ4v) is 2.66. The summed E-state index contributed by atoms with van der Waals surface area (Å²) in [6, 6.07) is 6.93. The van der Waals surface area contributed by atoms with Gasteiger partial charge in [0.25, 0.3) is 0 Å². The van der Waals surface area contributed by atoms with Crippen LogP contribution in [-0.2, 0) is 0 Å². The van der Waals surface area contributed by atoms with Crippen molar-refractivity contribution in [2.75, 3.05) is 12.8 Å². The number of pyridine rings is 1. The lowest BCUT2D eigenvalue weighted by Gasteiger charge is -2.12. The molecule has 0 aliphatic heterocycles. The third kappa shape index (κ3) is 2.92. The maximum absolute atomic E-state index is 13.9. The summed E-state index contributed by atoms with van der Waals surface area (Å²) in [6.45, 7) is 0. The topological polar surface area (TPSA) is 57.4 Å². The first-order valence-corrected chi connectivity index (χ1v) is 7.33. The van der Waals surface area contributed by atoms with Crippen LogP contribution in [0.2, 0.25) is 0 Å². The zero-order valence-corrected chi connectivity index (χ0v) is 13.5. The molecular formula is C16H11BrF2N2O2. The van der Waals surface area contributed by atoms with E-state index in [2.05, 4.69) is 20.9 Å². The van der Waals surface area contributed by atoms with E-state index >= 15 is 0 Å². The molecule has 0 spiro atoms. The molecule has 1 heterocycles. The number of halogens is 3. The number of nitrogens with two attached hydrogens (primary N) is 1. The summed E-state index contributed by atoms with van der Waals surface area (Å²) in [4.78, 5) is 4.20. The number of rotatable bonds is 3. The van der Waals surface area contributed by atoms with Crippen molar-refractivity contribution in [2.45, 2.75) is 0 Å². The van der Waals surface area contributed by atoms with E-state index in [1.165, 1.54) is 19.4 Å².